The van der Waals surface area contributed by atoms with Gasteiger partial charge in [0, 0.05) is 12.8 Å². The second-order valence-electron chi connectivity index (χ2n) is 2.95. The molecule has 0 aromatic carbocycles. The molecular formula is C6H8F2O3. The maximum absolute atomic E-state index is 12.2. The van der Waals surface area contributed by atoms with Crippen LogP contribution in [0.15, 0.2) is 0 Å². The molecule has 1 aliphatic carbocycles. The van der Waals surface area contributed by atoms with Crippen LogP contribution in [0.2, 0.25) is 0 Å². The molecule has 2 N–H and O–H groups in total. The summed E-state index contributed by atoms with van der Waals surface area (Å²) in [6.07, 6.45) is -1.49. The highest BCUT2D eigenvalue weighted by Crippen LogP contribution is 2.51. The monoisotopic (exact) mass is 166 g/mol. The van der Waals surface area contributed by atoms with Crippen molar-refractivity contribution in [3.8, 4) is 0 Å². The molecule has 11 heavy (non-hydrogen) atoms. The molecule has 0 aromatic heterocycles. The Hall–Kier alpha value is -0.710. The summed E-state index contributed by atoms with van der Waals surface area (Å²) in [6.45, 7) is -0.710. The predicted octanol–water partition coefficient (Wildman–Crippen LogP) is 0.479. The summed E-state index contributed by atoms with van der Waals surface area (Å²) in [6, 6.07) is 0. The molecule has 1 aliphatic rings. The van der Waals surface area contributed by atoms with E-state index in [2.05, 4.69) is 0 Å². The van der Waals surface area contributed by atoms with Crippen LogP contribution in [-0.4, -0.2) is 28.7 Å². The molecule has 3 nitrogen and oxygen atoms in total. The van der Waals surface area contributed by atoms with Crippen molar-refractivity contribution in [1.82, 2.24) is 0 Å². The van der Waals surface area contributed by atoms with Crippen molar-refractivity contribution in [2.45, 2.75) is 18.8 Å². The average molecular weight is 166 g/mol. The molecule has 64 valence electrons. The summed E-state index contributed by atoms with van der Waals surface area (Å²) in [5.41, 5.74) is -1.58. The zero-order valence-electron chi connectivity index (χ0n) is 5.68. The first-order chi connectivity index (χ1) is 4.92. The van der Waals surface area contributed by atoms with Gasteiger partial charge in [-0.1, -0.05) is 0 Å². The van der Waals surface area contributed by atoms with Gasteiger partial charge in [-0.15, -0.1) is 0 Å². The number of alkyl halides is 2. The predicted molar refractivity (Wildman–Crippen MR) is 31.3 cm³/mol. The van der Waals surface area contributed by atoms with Crippen LogP contribution in [0.5, 0.6) is 0 Å². The van der Waals surface area contributed by atoms with E-state index in [1.165, 1.54) is 0 Å². The van der Waals surface area contributed by atoms with E-state index in [1.54, 1.807) is 0 Å². The van der Waals surface area contributed by atoms with Gasteiger partial charge in [-0.2, -0.15) is 0 Å². The van der Waals surface area contributed by atoms with Crippen molar-refractivity contribution in [1.29, 1.82) is 0 Å². The Morgan fingerprint density at radius 2 is 1.91 bits per heavy atom. The zero-order chi connectivity index (χ0) is 8.70. The molecule has 0 spiro atoms. The summed E-state index contributed by atoms with van der Waals surface area (Å²) in [4.78, 5) is 10.3. The summed E-state index contributed by atoms with van der Waals surface area (Å²) in [7, 11) is 0. The van der Waals surface area contributed by atoms with E-state index in [-0.39, 0.29) is 0 Å². The van der Waals surface area contributed by atoms with Crippen LogP contribution >= 0.6 is 0 Å². The Bertz CT molecular complexity index is 182. The SMILES string of the molecule is O=C(O)C1(CO)CC(F)(F)C1. The van der Waals surface area contributed by atoms with E-state index in [4.69, 9.17) is 10.2 Å². The van der Waals surface area contributed by atoms with E-state index in [0.717, 1.165) is 0 Å². The first-order valence-electron chi connectivity index (χ1n) is 3.14. The van der Waals surface area contributed by atoms with Gasteiger partial charge < -0.3 is 10.2 Å². The Kier molecular flexibility index (Phi) is 1.63. The number of hydrogen-bond acceptors (Lipinski definition) is 2. The molecule has 0 saturated heterocycles. The highest BCUT2D eigenvalue weighted by Gasteiger charge is 2.60. The Labute approximate surface area is 61.6 Å². The molecule has 0 atom stereocenters. The molecule has 0 aromatic rings. The van der Waals surface area contributed by atoms with Crippen LogP contribution in [0.3, 0.4) is 0 Å². The molecule has 1 saturated carbocycles. The van der Waals surface area contributed by atoms with Crippen molar-refractivity contribution < 1.29 is 23.8 Å². The second-order valence-corrected chi connectivity index (χ2v) is 2.95. The standard InChI is InChI=1S/C6H8F2O3/c7-6(8)1-5(2-6,3-9)4(10)11/h9H,1-3H2,(H,10,11). The molecule has 0 bridgehead atoms. The van der Waals surface area contributed by atoms with Crippen molar-refractivity contribution >= 4 is 5.97 Å². The molecule has 0 unspecified atom stereocenters. The molecule has 1 fully saturated rings. The van der Waals surface area contributed by atoms with Crippen LogP contribution in [0.1, 0.15) is 12.8 Å². The van der Waals surface area contributed by atoms with E-state index < -0.39 is 36.8 Å². The molecule has 0 radical (unpaired) electrons. The van der Waals surface area contributed by atoms with Gasteiger partial charge >= 0.3 is 5.97 Å². The number of halogens is 2. The lowest BCUT2D eigenvalue weighted by atomic mass is 9.66. The van der Waals surface area contributed by atoms with Gasteiger partial charge in [0.15, 0.2) is 0 Å². The molecule has 5 heteroatoms. The highest BCUT2D eigenvalue weighted by atomic mass is 19.3. The fourth-order valence-electron chi connectivity index (χ4n) is 1.27. The number of carboxylic acids is 1. The minimum absolute atomic E-state index is 0.710. The van der Waals surface area contributed by atoms with Gasteiger partial charge in [-0.25, -0.2) is 8.78 Å². The highest BCUT2D eigenvalue weighted by molar-refractivity contribution is 5.76. The maximum atomic E-state index is 12.2. The Morgan fingerprint density at radius 1 is 1.45 bits per heavy atom. The number of carboxylic acid groups (broad SMARTS) is 1. The number of aliphatic hydroxyl groups excluding tert-OH is 1. The summed E-state index contributed by atoms with van der Waals surface area (Å²) < 4.78 is 24.4. The first kappa shape index (κ1) is 8.39. The smallest absolute Gasteiger partial charge is 0.312 e. The molecule has 0 aliphatic heterocycles. The maximum Gasteiger partial charge on any atom is 0.312 e. The number of aliphatic carboxylic acids is 1. The van der Waals surface area contributed by atoms with Gasteiger partial charge in [0.1, 0.15) is 5.41 Å². The number of carbonyl (C=O) groups is 1. The van der Waals surface area contributed by atoms with Gasteiger partial charge in [-0.05, 0) is 0 Å². The first-order valence-corrected chi connectivity index (χ1v) is 3.14. The van der Waals surface area contributed by atoms with Gasteiger partial charge in [-0.3, -0.25) is 4.79 Å². The van der Waals surface area contributed by atoms with Crippen molar-refractivity contribution in [3.63, 3.8) is 0 Å². The van der Waals surface area contributed by atoms with E-state index in [0.29, 0.717) is 0 Å². The molecule has 0 amide bonds. The normalized spacial score (nSPS) is 25.7. The van der Waals surface area contributed by atoms with Gasteiger partial charge in [0.25, 0.3) is 5.92 Å². The Balaban J connectivity index is 2.64. The largest absolute Gasteiger partial charge is 0.481 e. The second kappa shape index (κ2) is 2.14. The topological polar surface area (TPSA) is 57.5 Å². The molecule has 1 rings (SSSR count). The lowest BCUT2D eigenvalue weighted by molar-refractivity contribution is -0.201. The fourth-order valence-corrected chi connectivity index (χ4v) is 1.27. The van der Waals surface area contributed by atoms with Crippen LogP contribution in [-0.2, 0) is 4.79 Å². The summed E-state index contributed by atoms with van der Waals surface area (Å²) >= 11 is 0. The third-order valence-electron chi connectivity index (χ3n) is 1.95. The van der Waals surface area contributed by atoms with Crippen molar-refractivity contribution in [2.24, 2.45) is 5.41 Å². The summed E-state index contributed by atoms with van der Waals surface area (Å²) in [5, 5.41) is 16.9. The quantitative estimate of drug-likeness (QED) is 0.627. The van der Waals surface area contributed by atoms with Crippen LogP contribution in [0, 0.1) is 5.41 Å². The number of rotatable bonds is 2. The minimum atomic E-state index is -2.90. The number of hydrogen-bond donors (Lipinski definition) is 2. The Morgan fingerprint density at radius 3 is 2.00 bits per heavy atom. The fraction of sp³-hybridized carbons (Fsp3) is 0.833. The third kappa shape index (κ3) is 1.20. The van der Waals surface area contributed by atoms with E-state index >= 15 is 0 Å². The summed E-state index contributed by atoms with van der Waals surface area (Å²) in [5.74, 6) is -4.24. The van der Waals surface area contributed by atoms with Gasteiger partial charge in [0.2, 0.25) is 0 Å². The van der Waals surface area contributed by atoms with E-state index in [1.807, 2.05) is 0 Å². The van der Waals surface area contributed by atoms with E-state index in [9.17, 15) is 13.6 Å². The molecule has 0 heterocycles. The average Bonchev–Trinajstić information content (AvgIpc) is 1.81. The number of aliphatic hydroxyl groups is 1. The minimum Gasteiger partial charge on any atom is -0.481 e. The lowest BCUT2D eigenvalue weighted by Gasteiger charge is -2.42. The van der Waals surface area contributed by atoms with Crippen LogP contribution < -0.4 is 0 Å². The zero-order valence-corrected chi connectivity index (χ0v) is 5.68. The molecular weight excluding hydrogens is 158 g/mol. The lowest BCUT2D eigenvalue weighted by Crippen LogP contribution is -2.53. The van der Waals surface area contributed by atoms with Crippen molar-refractivity contribution in [3.05, 3.63) is 0 Å². The van der Waals surface area contributed by atoms with Crippen LogP contribution in [0.25, 0.3) is 0 Å². The van der Waals surface area contributed by atoms with Gasteiger partial charge in [0.05, 0.1) is 6.61 Å². The van der Waals surface area contributed by atoms with Crippen LogP contribution in [0.4, 0.5) is 8.78 Å². The van der Waals surface area contributed by atoms with Crippen molar-refractivity contribution in [2.75, 3.05) is 6.61 Å². The third-order valence-corrected chi connectivity index (χ3v) is 1.95.